The summed E-state index contributed by atoms with van der Waals surface area (Å²) >= 11 is 0. The zero-order valence-corrected chi connectivity index (χ0v) is 24.8. The molecule has 1 amide bonds. The van der Waals surface area contributed by atoms with Crippen molar-refractivity contribution < 1.29 is 22.7 Å². The maximum absolute atomic E-state index is 13.5. The number of benzene rings is 3. The second-order valence-electron chi connectivity index (χ2n) is 10.1. The van der Waals surface area contributed by atoms with Gasteiger partial charge in [-0.25, -0.2) is 8.42 Å². The number of piperazine rings is 1. The highest BCUT2D eigenvalue weighted by molar-refractivity contribution is 7.92. The molecule has 0 atom stereocenters. The number of carbonyl (C=O) groups excluding carboxylic acids is 1. The zero-order chi connectivity index (χ0) is 28.9. The van der Waals surface area contributed by atoms with E-state index in [1.807, 2.05) is 45.0 Å². The van der Waals surface area contributed by atoms with E-state index >= 15 is 0 Å². The number of hydrogen-bond donors (Lipinski definition) is 1. The monoisotopic (exact) mass is 565 g/mol. The smallest absolute Gasteiger partial charge is 0.261 e. The Hall–Kier alpha value is -3.72. The van der Waals surface area contributed by atoms with Crippen molar-refractivity contribution in [3.8, 4) is 11.5 Å². The maximum atomic E-state index is 13.5. The molecule has 0 bridgehead atoms. The normalized spacial score (nSPS) is 13.7. The number of sulfonamides is 1. The fourth-order valence-electron chi connectivity index (χ4n) is 4.80. The third-order valence-corrected chi connectivity index (χ3v) is 8.84. The minimum Gasteiger partial charge on any atom is -0.495 e. The summed E-state index contributed by atoms with van der Waals surface area (Å²) in [5.41, 5.74) is 4.30. The van der Waals surface area contributed by atoms with E-state index in [1.54, 1.807) is 36.3 Å². The lowest BCUT2D eigenvalue weighted by Crippen LogP contribution is -2.49. The summed E-state index contributed by atoms with van der Waals surface area (Å²) in [7, 11) is -2.28. The Morgan fingerprint density at radius 1 is 0.925 bits per heavy atom. The van der Waals surface area contributed by atoms with Crippen molar-refractivity contribution in [2.24, 2.45) is 0 Å². The van der Waals surface area contributed by atoms with Gasteiger partial charge < -0.3 is 19.3 Å². The van der Waals surface area contributed by atoms with Crippen LogP contribution in [0.5, 0.6) is 11.5 Å². The molecular formula is C31H39N3O5S. The first-order chi connectivity index (χ1) is 19.2. The second kappa shape index (κ2) is 12.6. The van der Waals surface area contributed by atoms with E-state index in [9.17, 15) is 13.2 Å². The van der Waals surface area contributed by atoms with E-state index in [-0.39, 0.29) is 10.8 Å². The van der Waals surface area contributed by atoms with Crippen LogP contribution >= 0.6 is 0 Å². The fraction of sp³-hybridized carbons (Fsp3) is 0.387. The zero-order valence-electron chi connectivity index (χ0n) is 24.0. The number of methoxy groups -OCH3 is 1. The van der Waals surface area contributed by atoms with Gasteiger partial charge in [0, 0.05) is 31.7 Å². The van der Waals surface area contributed by atoms with Gasteiger partial charge in [-0.1, -0.05) is 31.5 Å². The Balaban J connectivity index is 1.49. The molecule has 1 heterocycles. The van der Waals surface area contributed by atoms with E-state index < -0.39 is 10.0 Å². The van der Waals surface area contributed by atoms with Crippen molar-refractivity contribution in [3.63, 3.8) is 0 Å². The van der Waals surface area contributed by atoms with Crippen molar-refractivity contribution >= 4 is 27.3 Å². The quantitative estimate of drug-likeness (QED) is 0.324. The number of para-hydroxylation sites is 2. The van der Waals surface area contributed by atoms with Crippen LogP contribution in [0.4, 0.5) is 11.4 Å². The summed E-state index contributed by atoms with van der Waals surface area (Å²) in [6.07, 6.45) is 1.99. The molecule has 3 aromatic carbocycles. The molecule has 0 spiro atoms. The Labute approximate surface area is 238 Å². The van der Waals surface area contributed by atoms with Gasteiger partial charge >= 0.3 is 0 Å². The molecule has 0 aromatic heterocycles. The molecule has 0 unspecified atom stereocenters. The van der Waals surface area contributed by atoms with Crippen molar-refractivity contribution in [3.05, 3.63) is 76.9 Å². The van der Waals surface area contributed by atoms with Crippen molar-refractivity contribution in [2.75, 3.05) is 49.5 Å². The number of anilines is 2. The first-order valence-electron chi connectivity index (χ1n) is 13.7. The van der Waals surface area contributed by atoms with Crippen LogP contribution in [-0.4, -0.2) is 59.1 Å². The van der Waals surface area contributed by atoms with Crippen LogP contribution in [-0.2, 0) is 10.0 Å². The number of aryl methyl sites for hydroxylation is 1. The summed E-state index contributed by atoms with van der Waals surface area (Å²) in [5, 5.41) is 0. The molecular weight excluding hydrogens is 526 g/mol. The number of hydrogen-bond acceptors (Lipinski definition) is 6. The van der Waals surface area contributed by atoms with Gasteiger partial charge in [0.15, 0.2) is 0 Å². The van der Waals surface area contributed by atoms with Gasteiger partial charge in [0.1, 0.15) is 11.5 Å². The standard InChI is InChI=1S/C31H39N3O5S/c1-6-7-20-39-29-15-14-27(23(3)24(29)4)32-40(36,37)25-13-12-22(2)26(21-25)31(35)34-18-16-33(17-19-34)28-10-8-9-11-30(28)38-5/h8-15,21,32H,6-7,16-20H2,1-5H3. The third kappa shape index (κ3) is 6.36. The number of nitrogens with one attached hydrogen (secondary N) is 1. The van der Waals surface area contributed by atoms with Crippen LogP contribution in [0.1, 0.15) is 46.8 Å². The molecule has 40 heavy (non-hydrogen) atoms. The first kappa shape index (κ1) is 29.3. The predicted octanol–water partition coefficient (Wildman–Crippen LogP) is 5.56. The molecule has 0 aliphatic carbocycles. The molecule has 1 fully saturated rings. The van der Waals surface area contributed by atoms with Crippen LogP contribution < -0.4 is 19.1 Å². The Morgan fingerprint density at radius 3 is 2.35 bits per heavy atom. The molecule has 4 rings (SSSR count). The minimum atomic E-state index is -3.93. The van der Waals surface area contributed by atoms with E-state index in [2.05, 4.69) is 16.5 Å². The Kier molecular flexibility index (Phi) is 9.25. The molecule has 9 heteroatoms. The van der Waals surface area contributed by atoms with Crippen LogP contribution in [0.15, 0.2) is 59.5 Å². The lowest BCUT2D eigenvalue weighted by molar-refractivity contribution is 0.0745. The average molecular weight is 566 g/mol. The average Bonchev–Trinajstić information content (AvgIpc) is 2.96. The molecule has 1 aliphatic heterocycles. The summed E-state index contributed by atoms with van der Waals surface area (Å²) in [4.78, 5) is 17.6. The number of nitrogens with zero attached hydrogens (tertiary/aromatic N) is 2. The SMILES string of the molecule is CCCCOc1ccc(NS(=O)(=O)c2ccc(C)c(C(=O)N3CCN(c4ccccc4OC)CC3)c2)c(C)c1C. The largest absolute Gasteiger partial charge is 0.495 e. The second-order valence-corrected chi connectivity index (χ2v) is 11.8. The van der Waals surface area contributed by atoms with Gasteiger partial charge in [0.25, 0.3) is 15.9 Å². The molecule has 214 valence electrons. The number of rotatable bonds is 10. The van der Waals surface area contributed by atoms with Crippen molar-refractivity contribution in [2.45, 2.75) is 45.4 Å². The summed E-state index contributed by atoms with van der Waals surface area (Å²) < 4.78 is 40.9. The van der Waals surface area contributed by atoms with Crippen molar-refractivity contribution in [1.29, 1.82) is 0 Å². The highest BCUT2D eigenvalue weighted by Crippen LogP contribution is 2.31. The van der Waals surface area contributed by atoms with Crippen LogP contribution in [0.2, 0.25) is 0 Å². The van der Waals surface area contributed by atoms with Crippen LogP contribution in [0.3, 0.4) is 0 Å². The molecule has 0 radical (unpaired) electrons. The van der Waals surface area contributed by atoms with E-state index in [0.29, 0.717) is 44.0 Å². The molecule has 1 N–H and O–H groups in total. The highest BCUT2D eigenvalue weighted by Gasteiger charge is 2.26. The predicted molar refractivity (Wildman–Crippen MR) is 159 cm³/mol. The number of carbonyl (C=O) groups is 1. The lowest BCUT2D eigenvalue weighted by Gasteiger charge is -2.36. The van der Waals surface area contributed by atoms with E-state index in [4.69, 9.17) is 9.47 Å². The number of amides is 1. The number of unbranched alkanes of at least 4 members (excludes halogenated alkanes) is 1. The lowest BCUT2D eigenvalue weighted by atomic mass is 10.1. The van der Waals surface area contributed by atoms with Crippen LogP contribution in [0.25, 0.3) is 0 Å². The Morgan fingerprint density at radius 2 is 1.65 bits per heavy atom. The first-order valence-corrected chi connectivity index (χ1v) is 15.2. The number of ether oxygens (including phenoxy) is 2. The summed E-state index contributed by atoms with van der Waals surface area (Å²) in [6.45, 7) is 10.7. The molecule has 1 aliphatic rings. The van der Waals surface area contributed by atoms with Gasteiger partial charge in [0.2, 0.25) is 0 Å². The topological polar surface area (TPSA) is 88.2 Å². The Bertz CT molecular complexity index is 1460. The molecule has 1 saturated heterocycles. The van der Waals surface area contributed by atoms with Gasteiger partial charge in [-0.05, 0) is 80.3 Å². The van der Waals surface area contributed by atoms with E-state index in [0.717, 1.165) is 46.7 Å². The highest BCUT2D eigenvalue weighted by atomic mass is 32.2. The maximum Gasteiger partial charge on any atom is 0.261 e. The summed E-state index contributed by atoms with van der Waals surface area (Å²) in [5.74, 6) is 1.38. The van der Waals surface area contributed by atoms with Gasteiger partial charge in [0.05, 0.1) is 30.0 Å². The minimum absolute atomic E-state index is 0.0504. The molecule has 0 saturated carbocycles. The summed E-state index contributed by atoms with van der Waals surface area (Å²) in [6, 6.07) is 16.1. The van der Waals surface area contributed by atoms with Crippen LogP contribution in [0, 0.1) is 20.8 Å². The molecule has 8 nitrogen and oxygen atoms in total. The van der Waals surface area contributed by atoms with E-state index in [1.165, 1.54) is 6.07 Å². The fourth-order valence-corrected chi connectivity index (χ4v) is 5.95. The third-order valence-electron chi connectivity index (χ3n) is 7.48. The van der Waals surface area contributed by atoms with Gasteiger partial charge in [-0.3, -0.25) is 9.52 Å². The van der Waals surface area contributed by atoms with Crippen molar-refractivity contribution in [1.82, 2.24) is 4.90 Å². The molecule has 3 aromatic rings. The van der Waals surface area contributed by atoms with Gasteiger partial charge in [-0.15, -0.1) is 0 Å². The van der Waals surface area contributed by atoms with Gasteiger partial charge in [-0.2, -0.15) is 0 Å².